The van der Waals surface area contributed by atoms with Crippen molar-refractivity contribution in [1.29, 1.82) is 0 Å². The molecule has 4 nitrogen and oxygen atoms in total. The maximum atomic E-state index is 12.5. The zero-order valence-electron chi connectivity index (χ0n) is 10.4. The molecule has 0 radical (unpaired) electrons. The number of hydrogen-bond donors (Lipinski definition) is 0. The van der Waals surface area contributed by atoms with Crippen molar-refractivity contribution in [3.8, 4) is 0 Å². The number of pyridine rings is 1. The highest BCUT2D eigenvalue weighted by molar-refractivity contribution is 5.92. The number of amides is 1. The first-order valence-electron chi connectivity index (χ1n) is 5.90. The third kappa shape index (κ3) is 3.23. The largest absolute Gasteiger partial charge is 0.433 e. The summed E-state index contributed by atoms with van der Waals surface area (Å²) in [5.74, 6) is -0.445. The molecule has 2 heterocycles. The number of hydrogen-bond acceptors (Lipinski definition) is 3. The minimum Gasteiger partial charge on any atom is -0.335 e. The van der Waals surface area contributed by atoms with Crippen molar-refractivity contribution in [2.24, 2.45) is 0 Å². The monoisotopic (exact) mass is 273 g/mol. The Bertz CT molecular complexity index is 468. The molecule has 1 aromatic rings. The van der Waals surface area contributed by atoms with E-state index in [1.54, 1.807) is 0 Å². The standard InChI is InChI=1S/C12H14F3N3O/c1-17-5-7-18(8-6-17)11(19)9-3-2-4-10(16-9)12(13,14)15/h2-4H,5-8H2,1H3. The minimum absolute atomic E-state index is 0.153. The van der Waals surface area contributed by atoms with Crippen molar-refractivity contribution in [3.05, 3.63) is 29.6 Å². The van der Waals surface area contributed by atoms with Crippen LogP contribution in [0.25, 0.3) is 0 Å². The van der Waals surface area contributed by atoms with Crippen molar-refractivity contribution in [2.75, 3.05) is 33.2 Å². The predicted molar refractivity (Wildman–Crippen MR) is 62.6 cm³/mol. The average molecular weight is 273 g/mol. The first-order valence-corrected chi connectivity index (χ1v) is 5.90. The van der Waals surface area contributed by atoms with E-state index < -0.39 is 17.8 Å². The van der Waals surface area contributed by atoms with Crippen LogP contribution >= 0.6 is 0 Å². The minimum atomic E-state index is -4.53. The topological polar surface area (TPSA) is 36.4 Å². The van der Waals surface area contributed by atoms with E-state index in [1.807, 2.05) is 7.05 Å². The van der Waals surface area contributed by atoms with Gasteiger partial charge in [-0.1, -0.05) is 6.07 Å². The molecule has 1 aliphatic heterocycles. The number of aromatic nitrogens is 1. The molecule has 0 aromatic carbocycles. The molecule has 1 saturated heterocycles. The molecule has 1 fully saturated rings. The highest BCUT2D eigenvalue weighted by Gasteiger charge is 2.33. The number of likely N-dealkylation sites (N-methyl/N-ethyl adjacent to an activating group) is 1. The van der Waals surface area contributed by atoms with Gasteiger partial charge < -0.3 is 9.80 Å². The van der Waals surface area contributed by atoms with Crippen LogP contribution in [0.2, 0.25) is 0 Å². The van der Waals surface area contributed by atoms with Gasteiger partial charge in [-0.3, -0.25) is 4.79 Å². The molecule has 2 rings (SSSR count). The van der Waals surface area contributed by atoms with E-state index in [9.17, 15) is 18.0 Å². The van der Waals surface area contributed by atoms with Gasteiger partial charge in [-0.15, -0.1) is 0 Å². The fraction of sp³-hybridized carbons (Fsp3) is 0.500. The lowest BCUT2D eigenvalue weighted by molar-refractivity contribution is -0.141. The Kier molecular flexibility index (Phi) is 3.75. The first kappa shape index (κ1) is 13.8. The molecule has 0 unspecified atom stereocenters. The quantitative estimate of drug-likeness (QED) is 0.778. The van der Waals surface area contributed by atoms with E-state index in [-0.39, 0.29) is 5.69 Å². The molecule has 0 aliphatic carbocycles. The Labute approximate surface area is 108 Å². The summed E-state index contributed by atoms with van der Waals surface area (Å²) in [7, 11) is 1.93. The van der Waals surface area contributed by atoms with E-state index in [1.165, 1.54) is 17.0 Å². The summed E-state index contributed by atoms with van der Waals surface area (Å²) in [5, 5.41) is 0. The molecule has 7 heteroatoms. The third-order valence-corrected chi connectivity index (χ3v) is 3.05. The lowest BCUT2D eigenvalue weighted by Crippen LogP contribution is -2.47. The zero-order valence-corrected chi connectivity index (χ0v) is 10.4. The normalized spacial score (nSPS) is 17.6. The van der Waals surface area contributed by atoms with Crippen LogP contribution in [0.5, 0.6) is 0 Å². The van der Waals surface area contributed by atoms with Crippen LogP contribution in [-0.4, -0.2) is 53.9 Å². The van der Waals surface area contributed by atoms with Crippen LogP contribution in [0, 0.1) is 0 Å². The number of alkyl halides is 3. The molecule has 104 valence electrons. The van der Waals surface area contributed by atoms with Crippen molar-refractivity contribution in [2.45, 2.75) is 6.18 Å². The van der Waals surface area contributed by atoms with Crippen molar-refractivity contribution in [3.63, 3.8) is 0 Å². The number of carbonyl (C=O) groups is 1. The molecule has 0 atom stereocenters. The average Bonchev–Trinajstić information content (AvgIpc) is 2.38. The summed E-state index contributed by atoms with van der Waals surface area (Å²) in [4.78, 5) is 19.1. The number of nitrogens with zero attached hydrogens (tertiary/aromatic N) is 3. The second-order valence-electron chi connectivity index (χ2n) is 4.50. The Morgan fingerprint density at radius 3 is 2.42 bits per heavy atom. The summed E-state index contributed by atoms with van der Waals surface area (Å²) in [6, 6.07) is 3.38. The van der Waals surface area contributed by atoms with Crippen LogP contribution in [-0.2, 0) is 6.18 Å². The van der Waals surface area contributed by atoms with Gasteiger partial charge >= 0.3 is 6.18 Å². The number of rotatable bonds is 1. The zero-order chi connectivity index (χ0) is 14.0. The van der Waals surface area contributed by atoms with Crippen LogP contribution in [0.3, 0.4) is 0 Å². The Hall–Kier alpha value is -1.63. The second kappa shape index (κ2) is 5.16. The van der Waals surface area contributed by atoms with Gasteiger partial charge in [0.05, 0.1) is 0 Å². The van der Waals surface area contributed by atoms with E-state index in [0.717, 1.165) is 6.07 Å². The molecule has 1 aromatic heterocycles. The van der Waals surface area contributed by atoms with Crippen LogP contribution < -0.4 is 0 Å². The van der Waals surface area contributed by atoms with E-state index in [2.05, 4.69) is 9.88 Å². The van der Waals surface area contributed by atoms with Gasteiger partial charge in [-0.05, 0) is 19.2 Å². The van der Waals surface area contributed by atoms with E-state index in [0.29, 0.717) is 26.2 Å². The Morgan fingerprint density at radius 1 is 1.21 bits per heavy atom. The van der Waals surface area contributed by atoms with Gasteiger partial charge in [0.15, 0.2) is 0 Å². The molecule has 0 spiro atoms. The van der Waals surface area contributed by atoms with Gasteiger partial charge in [-0.2, -0.15) is 13.2 Å². The maximum absolute atomic E-state index is 12.5. The maximum Gasteiger partial charge on any atom is 0.433 e. The second-order valence-corrected chi connectivity index (χ2v) is 4.50. The molecule has 0 N–H and O–H groups in total. The highest BCUT2D eigenvalue weighted by atomic mass is 19.4. The fourth-order valence-electron chi connectivity index (χ4n) is 1.88. The van der Waals surface area contributed by atoms with Crippen LogP contribution in [0.15, 0.2) is 18.2 Å². The SMILES string of the molecule is CN1CCN(C(=O)c2cccc(C(F)(F)F)n2)CC1. The van der Waals surface area contributed by atoms with Crippen molar-refractivity contribution in [1.82, 2.24) is 14.8 Å². The Morgan fingerprint density at radius 2 is 1.84 bits per heavy atom. The fourth-order valence-corrected chi connectivity index (χ4v) is 1.88. The van der Waals surface area contributed by atoms with Gasteiger partial charge in [0, 0.05) is 26.2 Å². The van der Waals surface area contributed by atoms with Gasteiger partial charge in [-0.25, -0.2) is 4.98 Å². The van der Waals surface area contributed by atoms with Crippen LogP contribution in [0.1, 0.15) is 16.2 Å². The predicted octanol–water partition coefficient (Wildman–Crippen LogP) is 1.49. The van der Waals surface area contributed by atoms with Crippen molar-refractivity contribution < 1.29 is 18.0 Å². The number of halogens is 3. The van der Waals surface area contributed by atoms with E-state index >= 15 is 0 Å². The molecule has 0 saturated carbocycles. The van der Waals surface area contributed by atoms with Gasteiger partial charge in [0.1, 0.15) is 11.4 Å². The van der Waals surface area contributed by atoms with E-state index in [4.69, 9.17) is 0 Å². The lowest BCUT2D eigenvalue weighted by Gasteiger charge is -2.32. The summed E-state index contributed by atoms with van der Waals surface area (Å²) in [5.41, 5.74) is -1.19. The lowest BCUT2D eigenvalue weighted by atomic mass is 10.2. The highest BCUT2D eigenvalue weighted by Crippen LogP contribution is 2.27. The third-order valence-electron chi connectivity index (χ3n) is 3.05. The first-order chi connectivity index (χ1) is 8.88. The van der Waals surface area contributed by atoms with Crippen molar-refractivity contribution >= 4 is 5.91 Å². The molecular weight excluding hydrogens is 259 g/mol. The Balaban J connectivity index is 2.15. The summed E-state index contributed by atoms with van der Waals surface area (Å²) in [6.45, 7) is 2.44. The molecule has 1 amide bonds. The van der Waals surface area contributed by atoms with Gasteiger partial charge in [0.2, 0.25) is 0 Å². The molecule has 19 heavy (non-hydrogen) atoms. The summed E-state index contributed by atoms with van der Waals surface area (Å²) >= 11 is 0. The summed E-state index contributed by atoms with van der Waals surface area (Å²) < 4.78 is 37.6. The molecule has 1 aliphatic rings. The summed E-state index contributed by atoms with van der Waals surface area (Å²) in [6.07, 6.45) is -4.53. The number of carbonyl (C=O) groups excluding carboxylic acids is 1. The van der Waals surface area contributed by atoms with Gasteiger partial charge in [0.25, 0.3) is 5.91 Å². The molecular formula is C12H14F3N3O. The molecule has 0 bridgehead atoms. The van der Waals surface area contributed by atoms with Crippen LogP contribution in [0.4, 0.5) is 13.2 Å². The number of piperazine rings is 1. The smallest absolute Gasteiger partial charge is 0.335 e.